The number of piperazine rings is 1. The van der Waals surface area contributed by atoms with E-state index < -0.39 is 6.10 Å². The maximum atomic E-state index is 13.3. The molecule has 0 bridgehead atoms. The van der Waals surface area contributed by atoms with Gasteiger partial charge in [-0.1, -0.05) is 54.1 Å². The molecule has 1 fully saturated rings. The maximum Gasteiger partial charge on any atom is 0.271 e. The number of rotatable bonds is 8. The number of nitrogens with zero attached hydrogens (tertiary/aromatic N) is 4. The van der Waals surface area contributed by atoms with Crippen molar-refractivity contribution in [3.63, 3.8) is 0 Å². The van der Waals surface area contributed by atoms with Crippen LogP contribution in [-0.4, -0.2) is 70.8 Å². The first-order valence-corrected chi connectivity index (χ1v) is 14.1. The lowest BCUT2D eigenvalue weighted by Gasteiger charge is -2.37. The Morgan fingerprint density at radius 1 is 0.929 bits per heavy atom. The molecule has 7 nitrogen and oxygen atoms in total. The minimum atomic E-state index is -0.677. The van der Waals surface area contributed by atoms with Crippen LogP contribution in [0.25, 0.3) is 17.1 Å². The topological polar surface area (TPSA) is 73.6 Å². The van der Waals surface area contributed by atoms with Crippen LogP contribution >= 0.6 is 36.4 Å². The van der Waals surface area contributed by atoms with Crippen LogP contribution in [0.5, 0.6) is 0 Å². The van der Waals surface area contributed by atoms with E-state index in [0.29, 0.717) is 23.1 Å². The normalized spacial score (nSPS) is 14.1. The van der Waals surface area contributed by atoms with Gasteiger partial charge in [0, 0.05) is 61.2 Å². The van der Waals surface area contributed by atoms with Crippen LogP contribution in [0, 0.1) is 20.8 Å². The number of aliphatic hydroxyl groups is 1. The Morgan fingerprint density at radius 3 is 2.26 bits per heavy atom. The van der Waals surface area contributed by atoms with Crippen molar-refractivity contribution in [2.75, 3.05) is 44.2 Å². The number of aryl methyl sites for hydroxylation is 1. The number of halogens is 3. The third-order valence-electron chi connectivity index (χ3n) is 7.70. The van der Waals surface area contributed by atoms with E-state index in [1.165, 1.54) is 16.8 Å². The van der Waals surface area contributed by atoms with Crippen LogP contribution in [0.4, 0.5) is 5.69 Å². The third kappa shape index (κ3) is 7.46. The van der Waals surface area contributed by atoms with Crippen LogP contribution in [0.15, 0.2) is 72.8 Å². The smallest absolute Gasteiger partial charge is 0.271 e. The van der Waals surface area contributed by atoms with E-state index in [9.17, 15) is 9.90 Å². The molecule has 1 amide bonds. The molecule has 10 heteroatoms. The summed E-state index contributed by atoms with van der Waals surface area (Å²) in [7, 11) is 0. The van der Waals surface area contributed by atoms with Gasteiger partial charge in [0.25, 0.3) is 5.91 Å². The standard InChI is InChI=1S/C32H36ClN5O2.2ClH/c1-22-8-7-11-29(23(22)2)37-18-16-36(17-19-37)21-28(39)20-34-32(40)30-24(3)38(27-14-12-26(33)13-15-27)31(35-30)25-9-5-4-6-10-25;;/h4-15,28,39H,16-21H2,1-3H3,(H,34,40);2*1H. The number of anilines is 1. The molecule has 1 aliphatic heterocycles. The van der Waals surface area contributed by atoms with Gasteiger partial charge in [0.05, 0.1) is 11.8 Å². The number of carbonyl (C=O) groups excluding carboxylic acids is 1. The molecule has 1 aromatic heterocycles. The van der Waals surface area contributed by atoms with Gasteiger partial charge in [0.1, 0.15) is 11.5 Å². The molecule has 3 aromatic carbocycles. The monoisotopic (exact) mass is 629 g/mol. The summed E-state index contributed by atoms with van der Waals surface area (Å²) in [4.78, 5) is 22.7. The van der Waals surface area contributed by atoms with Gasteiger partial charge in [0.15, 0.2) is 0 Å². The highest BCUT2D eigenvalue weighted by Gasteiger charge is 2.24. The van der Waals surface area contributed by atoms with E-state index in [4.69, 9.17) is 16.6 Å². The van der Waals surface area contributed by atoms with Crippen molar-refractivity contribution < 1.29 is 9.90 Å². The zero-order valence-electron chi connectivity index (χ0n) is 24.1. The number of benzene rings is 3. The molecule has 0 aliphatic carbocycles. The number of imidazole rings is 1. The molecule has 1 aliphatic rings. The molecular weight excluding hydrogens is 593 g/mol. The number of hydrogen-bond donors (Lipinski definition) is 2. The molecule has 5 rings (SSSR count). The molecule has 0 spiro atoms. The van der Waals surface area contributed by atoms with E-state index in [0.717, 1.165) is 43.1 Å². The van der Waals surface area contributed by atoms with Crippen LogP contribution in [0.1, 0.15) is 27.3 Å². The summed E-state index contributed by atoms with van der Waals surface area (Å²) in [6.45, 7) is 10.4. The number of aromatic nitrogens is 2. The Balaban J connectivity index is 0.00000242. The minimum absolute atomic E-state index is 0. The van der Waals surface area contributed by atoms with Gasteiger partial charge >= 0.3 is 0 Å². The molecule has 1 saturated heterocycles. The van der Waals surface area contributed by atoms with Crippen LogP contribution in [0.2, 0.25) is 5.02 Å². The van der Waals surface area contributed by atoms with Crippen molar-refractivity contribution in [3.8, 4) is 17.1 Å². The Morgan fingerprint density at radius 2 is 1.60 bits per heavy atom. The molecule has 4 aromatic rings. The van der Waals surface area contributed by atoms with E-state index in [1.807, 2.05) is 66.1 Å². The van der Waals surface area contributed by atoms with Crippen LogP contribution in [0.3, 0.4) is 0 Å². The number of carbonyl (C=O) groups is 1. The first-order chi connectivity index (χ1) is 19.3. The van der Waals surface area contributed by atoms with Crippen molar-refractivity contribution >= 4 is 48.0 Å². The molecule has 2 N–H and O–H groups in total. The second kappa shape index (κ2) is 14.9. The van der Waals surface area contributed by atoms with Gasteiger partial charge in [-0.3, -0.25) is 14.3 Å². The molecular formula is C32H38Cl3N5O2. The zero-order chi connectivity index (χ0) is 28.2. The predicted octanol–water partition coefficient (Wildman–Crippen LogP) is 5.87. The van der Waals surface area contributed by atoms with Crippen molar-refractivity contribution in [1.82, 2.24) is 19.8 Å². The van der Waals surface area contributed by atoms with Gasteiger partial charge in [-0.15, -0.1) is 24.8 Å². The molecule has 1 atom stereocenters. The number of nitrogens with one attached hydrogen (secondary N) is 1. The van der Waals surface area contributed by atoms with E-state index in [2.05, 4.69) is 47.2 Å². The number of aliphatic hydroxyl groups excluding tert-OH is 1. The first-order valence-electron chi connectivity index (χ1n) is 13.7. The molecule has 0 saturated carbocycles. The lowest BCUT2D eigenvalue weighted by Crippen LogP contribution is -2.50. The fraction of sp³-hybridized carbons (Fsp3) is 0.312. The summed E-state index contributed by atoms with van der Waals surface area (Å²) in [6, 6.07) is 23.7. The summed E-state index contributed by atoms with van der Waals surface area (Å²) in [5.41, 5.74) is 6.74. The van der Waals surface area contributed by atoms with Crippen molar-refractivity contribution in [2.24, 2.45) is 0 Å². The van der Waals surface area contributed by atoms with Gasteiger partial charge < -0.3 is 15.3 Å². The number of hydrogen-bond acceptors (Lipinski definition) is 5. The molecule has 2 heterocycles. The first kappa shape index (κ1) is 33.4. The summed E-state index contributed by atoms with van der Waals surface area (Å²) in [6.07, 6.45) is -0.677. The fourth-order valence-corrected chi connectivity index (χ4v) is 5.44. The van der Waals surface area contributed by atoms with Crippen LogP contribution in [-0.2, 0) is 0 Å². The van der Waals surface area contributed by atoms with Gasteiger partial charge in [-0.25, -0.2) is 4.98 Å². The van der Waals surface area contributed by atoms with Crippen molar-refractivity contribution in [3.05, 3.63) is 100 Å². The number of β-amino-alcohol motifs (C(OH)–C–C–N with tert-alkyl or cyclic N) is 1. The SMILES string of the molecule is Cc1cccc(N2CCN(CC(O)CNC(=O)c3nc(-c4ccccc4)n(-c4ccc(Cl)cc4)c3C)CC2)c1C.Cl.Cl. The van der Waals surface area contributed by atoms with Gasteiger partial charge in [-0.05, 0) is 62.2 Å². The minimum Gasteiger partial charge on any atom is -0.390 e. The second-order valence-corrected chi connectivity index (χ2v) is 10.9. The Kier molecular flexibility index (Phi) is 11.9. The lowest BCUT2D eigenvalue weighted by atomic mass is 10.1. The highest BCUT2D eigenvalue weighted by molar-refractivity contribution is 6.30. The summed E-state index contributed by atoms with van der Waals surface area (Å²) >= 11 is 6.12. The third-order valence-corrected chi connectivity index (χ3v) is 7.95. The van der Waals surface area contributed by atoms with E-state index in [1.54, 1.807) is 0 Å². The largest absolute Gasteiger partial charge is 0.390 e. The van der Waals surface area contributed by atoms with Crippen molar-refractivity contribution in [1.29, 1.82) is 0 Å². The second-order valence-electron chi connectivity index (χ2n) is 10.4. The zero-order valence-corrected chi connectivity index (χ0v) is 26.5. The van der Waals surface area contributed by atoms with E-state index in [-0.39, 0.29) is 37.3 Å². The lowest BCUT2D eigenvalue weighted by molar-refractivity contribution is 0.0847. The highest BCUT2D eigenvalue weighted by Crippen LogP contribution is 2.27. The van der Waals surface area contributed by atoms with Gasteiger partial charge in [-0.2, -0.15) is 0 Å². The summed E-state index contributed by atoms with van der Waals surface area (Å²) < 4.78 is 1.96. The molecule has 224 valence electrons. The number of amides is 1. The Bertz CT molecular complexity index is 1470. The Labute approximate surface area is 265 Å². The highest BCUT2D eigenvalue weighted by atomic mass is 35.5. The average Bonchev–Trinajstić information content (AvgIpc) is 3.31. The molecule has 0 radical (unpaired) electrons. The molecule has 1 unspecified atom stereocenters. The maximum absolute atomic E-state index is 13.3. The fourth-order valence-electron chi connectivity index (χ4n) is 5.31. The van der Waals surface area contributed by atoms with Gasteiger partial charge in [0.2, 0.25) is 0 Å². The summed E-state index contributed by atoms with van der Waals surface area (Å²) in [5.74, 6) is 0.369. The molecule has 42 heavy (non-hydrogen) atoms. The summed E-state index contributed by atoms with van der Waals surface area (Å²) in [5, 5.41) is 14.3. The Hall–Kier alpha value is -3.07. The van der Waals surface area contributed by atoms with Crippen molar-refractivity contribution in [2.45, 2.75) is 26.9 Å². The van der Waals surface area contributed by atoms with Crippen LogP contribution < -0.4 is 10.2 Å². The predicted molar refractivity (Wildman–Crippen MR) is 176 cm³/mol. The quantitative estimate of drug-likeness (QED) is 0.255. The van der Waals surface area contributed by atoms with E-state index >= 15 is 0 Å². The average molecular weight is 631 g/mol.